The standard InChI is InChI=1S/C17H19ClN2O3S2/c1-20(25(22,23)16-3-2-10-24-16)11-15(21)19-17(12-4-5-12)13-6-8-14(18)9-7-13/h2-3,6-10,12,17H,4-5,11H2,1H3,(H,19,21). The average Bonchev–Trinajstić information content (AvgIpc) is 3.25. The Labute approximate surface area is 156 Å². The number of rotatable bonds is 7. The van der Waals surface area contributed by atoms with Gasteiger partial charge in [0.05, 0.1) is 12.6 Å². The molecule has 5 nitrogen and oxygen atoms in total. The first-order valence-electron chi connectivity index (χ1n) is 7.92. The molecule has 1 aromatic heterocycles. The highest BCUT2D eigenvalue weighted by atomic mass is 35.5. The van der Waals surface area contributed by atoms with E-state index in [0.29, 0.717) is 10.9 Å². The van der Waals surface area contributed by atoms with Crippen molar-refractivity contribution in [3.8, 4) is 0 Å². The lowest BCUT2D eigenvalue weighted by Gasteiger charge is -2.21. The molecule has 1 fully saturated rings. The Morgan fingerprint density at radius 3 is 2.56 bits per heavy atom. The summed E-state index contributed by atoms with van der Waals surface area (Å²) in [7, 11) is -2.21. The van der Waals surface area contributed by atoms with Crippen molar-refractivity contribution in [1.82, 2.24) is 9.62 Å². The summed E-state index contributed by atoms with van der Waals surface area (Å²) in [4.78, 5) is 12.4. The second kappa shape index (κ2) is 7.45. The summed E-state index contributed by atoms with van der Waals surface area (Å²) in [6.45, 7) is -0.211. The van der Waals surface area contributed by atoms with E-state index < -0.39 is 10.0 Å². The molecule has 0 bridgehead atoms. The van der Waals surface area contributed by atoms with Crippen LogP contribution in [0.5, 0.6) is 0 Å². The van der Waals surface area contributed by atoms with E-state index in [1.165, 1.54) is 13.1 Å². The zero-order valence-corrected chi connectivity index (χ0v) is 16.1. The number of nitrogens with zero attached hydrogens (tertiary/aromatic N) is 1. The van der Waals surface area contributed by atoms with Crippen LogP contribution < -0.4 is 5.32 Å². The summed E-state index contributed by atoms with van der Waals surface area (Å²) in [6.07, 6.45) is 2.10. The van der Waals surface area contributed by atoms with E-state index in [0.717, 1.165) is 34.0 Å². The van der Waals surface area contributed by atoms with Gasteiger partial charge in [-0.25, -0.2) is 8.42 Å². The van der Waals surface area contributed by atoms with E-state index in [9.17, 15) is 13.2 Å². The minimum Gasteiger partial charge on any atom is -0.348 e. The maximum atomic E-state index is 12.4. The van der Waals surface area contributed by atoms with Gasteiger partial charge >= 0.3 is 0 Å². The number of carbonyl (C=O) groups excluding carboxylic acids is 1. The molecule has 0 radical (unpaired) electrons. The van der Waals surface area contributed by atoms with Crippen LogP contribution in [0.3, 0.4) is 0 Å². The van der Waals surface area contributed by atoms with E-state index in [1.54, 1.807) is 23.6 Å². The Kier molecular flexibility index (Phi) is 5.48. The van der Waals surface area contributed by atoms with E-state index >= 15 is 0 Å². The van der Waals surface area contributed by atoms with Gasteiger partial charge in [0.2, 0.25) is 5.91 Å². The number of nitrogens with one attached hydrogen (secondary N) is 1. The van der Waals surface area contributed by atoms with Crippen LogP contribution in [0.25, 0.3) is 0 Å². The Hall–Kier alpha value is -1.41. The minimum absolute atomic E-state index is 0.109. The highest BCUT2D eigenvalue weighted by molar-refractivity contribution is 7.91. The van der Waals surface area contributed by atoms with Crippen LogP contribution in [0, 0.1) is 5.92 Å². The molecule has 0 aliphatic heterocycles. The van der Waals surface area contributed by atoms with Crippen molar-refractivity contribution in [3.05, 3.63) is 52.4 Å². The molecule has 1 N–H and O–H groups in total. The van der Waals surface area contributed by atoms with Gasteiger partial charge in [-0.2, -0.15) is 4.31 Å². The third kappa shape index (κ3) is 4.41. The third-order valence-electron chi connectivity index (χ3n) is 4.16. The van der Waals surface area contributed by atoms with Crippen molar-refractivity contribution in [2.75, 3.05) is 13.6 Å². The monoisotopic (exact) mass is 398 g/mol. The first-order valence-corrected chi connectivity index (χ1v) is 10.6. The van der Waals surface area contributed by atoms with Crippen LogP contribution >= 0.6 is 22.9 Å². The van der Waals surface area contributed by atoms with Gasteiger partial charge in [0.25, 0.3) is 10.0 Å². The summed E-state index contributed by atoms with van der Waals surface area (Å²) in [5.41, 5.74) is 0.990. The Bertz CT molecular complexity index is 831. The van der Waals surface area contributed by atoms with Gasteiger partial charge in [-0.15, -0.1) is 11.3 Å². The van der Waals surface area contributed by atoms with Crippen LogP contribution in [0.15, 0.2) is 46.0 Å². The number of likely N-dealkylation sites (N-methyl/N-ethyl adjacent to an activating group) is 1. The number of halogens is 1. The molecule has 1 aliphatic rings. The average molecular weight is 399 g/mol. The van der Waals surface area contributed by atoms with Gasteiger partial charge in [-0.3, -0.25) is 4.79 Å². The normalized spacial score (nSPS) is 16.0. The lowest BCUT2D eigenvalue weighted by atomic mass is 10.0. The van der Waals surface area contributed by atoms with Crippen molar-refractivity contribution >= 4 is 38.9 Å². The quantitative estimate of drug-likeness (QED) is 0.778. The second-order valence-corrected chi connectivity index (χ2v) is 9.78. The first-order chi connectivity index (χ1) is 11.9. The number of amides is 1. The molecule has 1 aliphatic carbocycles. The number of hydrogen-bond donors (Lipinski definition) is 1. The van der Waals surface area contributed by atoms with Crippen molar-refractivity contribution in [3.63, 3.8) is 0 Å². The van der Waals surface area contributed by atoms with Gasteiger partial charge in [-0.1, -0.05) is 29.8 Å². The van der Waals surface area contributed by atoms with Crippen LogP contribution in [-0.4, -0.2) is 32.2 Å². The molecule has 1 unspecified atom stereocenters. The summed E-state index contributed by atoms with van der Waals surface area (Å²) in [5.74, 6) is 0.0822. The summed E-state index contributed by atoms with van der Waals surface area (Å²) in [6, 6.07) is 10.5. The fourth-order valence-electron chi connectivity index (χ4n) is 2.64. The molecule has 1 amide bonds. The zero-order chi connectivity index (χ0) is 18.0. The van der Waals surface area contributed by atoms with Crippen molar-refractivity contribution in [1.29, 1.82) is 0 Å². The third-order valence-corrected chi connectivity index (χ3v) is 7.59. The van der Waals surface area contributed by atoms with E-state index in [2.05, 4.69) is 5.32 Å². The van der Waals surface area contributed by atoms with Gasteiger partial charge in [0, 0.05) is 12.1 Å². The van der Waals surface area contributed by atoms with Crippen molar-refractivity contribution in [2.24, 2.45) is 5.92 Å². The molecular weight excluding hydrogens is 380 g/mol. The minimum atomic E-state index is -3.63. The zero-order valence-electron chi connectivity index (χ0n) is 13.7. The Morgan fingerprint density at radius 1 is 1.32 bits per heavy atom. The highest BCUT2D eigenvalue weighted by Gasteiger charge is 2.34. The summed E-state index contributed by atoms with van der Waals surface area (Å²) >= 11 is 7.06. The largest absolute Gasteiger partial charge is 0.348 e. The Balaban J connectivity index is 1.67. The van der Waals surface area contributed by atoms with E-state index in [4.69, 9.17) is 11.6 Å². The van der Waals surface area contributed by atoms with Crippen LogP contribution in [0.1, 0.15) is 24.4 Å². The maximum absolute atomic E-state index is 12.4. The van der Waals surface area contributed by atoms with Gasteiger partial charge in [-0.05, 0) is 47.9 Å². The number of benzene rings is 1. The fourth-order valence-corrected chi connectivity index (χ4v) is 5.10. The van der Waals surface area contributed by atoms with E-state index in [-0.39, 0.29) is 22.7 Å². The SMILES string of the molecule is CN(CC(=O)NC(c1ccc(Cl)cc1)C1CC1)S(=O)(=O)c1cccs1. The maximum Gasteiger partial charge on any atom is 0.252 e. The molecule has 8 heteroatoms. The first kappa shape index (κ1) is 18.4. The summed E-state index contributed by atoms with van der Waals surface area (Å²) < 4.78 is 26.1. The molecule has 25 heavy (non-hydrogen) atoms. The molecule has 134 valence electrons. The van der Waals surface area contributed by atoms with Gasteiger partial charge in [0.15, 0.2) is 0 Å². The smallest absolute Gasteiger partial charge is 0.252 e. The van der Waals surface area contributed by atoms with Crippen LogP contribution in [-0.2, 0) is 14.8 Å². The lowest BCUT2D eigenvalue weighted by molar-refractivity contribution is -0.122. The number of thiophene rings is 1. The molecule has 2 aromatic rings. The van der Waals surface area contributed by atoms with Gasteiger partial charge < -0.3 is 5.32 Å². The number of sulfonamides is 1. The fraction of sp³-hybridized carbons (Fsp3) is 0.353. The lowest BCUT2D eigenvalue weighted by Crippen LogP contribution is -2.40. The number of hydrogen-bond acceptors (Lipinski definition) is 4. The van der Waals surface area contributed by atoms with E-state index in [1.807, 2.05) is 12.1 Å². The Morgan fingerprint density at radius 2 is 2.00 bits per heavy atom. The topological polar surface area (TPSA) is 66.5 Å². The summed E-state index contributed by atoms with van der Waals surface area (Å²) in [5, 5.41) is 5.32. The molecule has 3 rings (SSSR count). The second-order valence-electron chi connectivity index (χ2n) is 6.13. The molecule has 1 atom stereocenters. The molecule has 1 aromatic carbocycles. The highest BCUT2D eigenvalue weighted by Crippen LogP contribution is 2.41. The van der Waals surface area contributed by atoms with Crippen LogP contribution in [0.2, 0.25) is 5.02 Å². The molecule has 1 saturated carbocycles. The molecule has 0 saturated heterocycles. The van der Waals surface area contributed by atoms with Crippen molar-refractivity contribution in [2.45, 2.75) is 23.1 Å². The van der Waals surface area contributed by atoms with Gasteiger partial charge in [0.1, 0.15) is 4.21 Å². The number of carbonyl (C=O) groups is 1. The molecule has 0 spiro atoms. The molecular formula is C17H19ClN2O3S2. The predicted molar refractivity (Wildman–Crippen MR) is 99.2 cm³/mol. The van der Waals surface area contributed by atoms with Crippen LogP contribution in [0.4, 0.5) is 0 Å². The van der Waals surface area contributed by atoms with Crippen molar-refractivity contribution < 1.29 is 13.2 Å². The molecule has 1 heterocycles. The predicted octanol–water partition coefficient (Wildman–Crippen LogP) is 3.29.